The predicted octanol–water partition coefficient (Wildman–Crippen LogP) is 6.93. The number of rotatable bonds is 12. The summed E-state index contributed by atoms with van der Waals surface area (Å²) in [6.07, 6.45) is 2.43. The first-order valence-corrected chi connectivity index (χ1v) is 17.7. The lowest BCUT2D eigenvalue weighted by molar-refractivity contribution is -0.162. The normalized spacial score (nSPS) is 20.1. The second-order valence-corrected chi connectivity index (χ2v) is 13.1. The summed E-state index contributed by atoms with van der Waals surface area (Å²) < 4.78 is 22.8. The standard InChI is InChI=1S/C25H25NO5.C16H21NO3/c1-2-29-24(25(27)28)17-18-11-13-19(14-12-18)30-16-15-26-20-7-3-5-9-22(20)31-23-10-6-4-8-21(23)26;1-17-12-7-8-13(17)10-14(9-12)20-16(19)15(18)11-5-3-2-4-6-11/h3-14,24H,2,15-17H2,1H3,(H,27,28);2-6,12-15,18H,7-10H2,1H3/t;12-,13+,14?,15?. The maximum atomic E-state index is 12.0. The number of para-hydroxylation sites is 4. The highest BCUT2D eigenvalue weighted by molar-refractivity contribution is 5.78. The highest BCUT2D eigenvalue weighted by atomic mass is 16.6. The number of hydrogen-bond acceptors (Lipinski definition) is 9. The molecule has 5 atom stereocenters. The Bertz CT molecular complexity index is 1690. The summed E-state index contributed by atoms with van der Waals surface area (Å²) >= 11 is 0. The monoisotopic (exact) mass is 694 g/mol. The largest absolute Gasteiger partial charge is 0.492 e. The van der Waals surface area contributed by atoms with Crippen LogP contribution in [0.2, 0.25) is 0 Å². The Morgan fingerprint density at radius 3 is 2.02 bits per heavy atom. The SMILES string of the molecule is CCOC(Cc1ccc(OCCN2c3ccccc3Oc3ccccc32)cc1)C(=O)O.CN1[C@@H]2CC[C@H]1CC(OC(=O)C(O)c1ccccc1)C2. The van der Waals surface area contributed by atoms with E-state index in [-0.39, 0.29) is 6.10 Å². The van der Waals surface area contributed by atoms with Crippen LogP contribution < -0.4 is 14.4 Å². The molecular formula is C41H46N2O8. The molecule has 7 rings (SSSR count). The average Bonchev–Trinajstić information content (AvgIpc) is 3.34. The number of ether oxygens (including phenoxy) is 4. The van der Waals surface area contributed by atoms with Gasteiger partial charge in [-0.3, -0.25) is 0 Å². The predicted molar refractivity (Wildman–Crippen MR) is 194 cm³/mol. The molecule has 4 aromatic rings. The lowest BCUT2D eigenvalue weighted by atomic mass is 10.0. The molecule has 3 aliphatic rings. The number of carbonyl (C=O) groups is 2. The minimum Gasteiger partial charge on any atom is -0.492 e. The second kappa shape index (κ2) is 16.9. The van der Waals surface area contributed by atoms with Crippen LogP contribution in [-0.4, -0.2) is 78.1 Å². The fourth-order valence-corrected chi connectivity index (χ4v) is 7.09. The van der Waals surface area contributed by atoms with Crippen molar-refractivity contribution in [2.45, 2.75) is 69.4 Å². The Labute approximate surface area is 299 Å². The number of esters is 1. The summed E-state index contributed by atoms with van der Waals surface area (Å²) in [5.74, 6) is 0.918. The van der Waals surface area contributed by atoms with Gasteiger partial charge in [0.1, 0.15) is 18.5 Å². The van der Waals surface area contributed by atoms with Gasteiger partial charge in [0.2, 0.25) is 0 Å². The second-order valence-electron chi connectivity index (χ2n) is 13.1. The number of aliphatic carboxylic acids is 1. The first kappa shape index (κ1) is 35.9. The molecule has 2 bridgehead atoms. The van der Waals surface area contributed by atoms with Crippen molar-refractivity contribution in [3.63, 3.8) is 0 Å². The van der Waals surface area contributed by atoms with Gasteiger partial charge >= 0.3 is 11.9 Å². The molecule has 0 aliphatic carbocycles. The van der Waals surface area contributed by atoms with Crippen LogP contribution in [0.1, 0.15) is 49.8 Å². The Kier molecular flexibility index (Phi) is 11.9. The third-order valence-electron chi connectivity index (χ3n) is 9.78. The Morgan fingerprint density at radius 1 is 0.843 bits per heavy atom. The van der Waals surface area contributed by atoms with Crippen molar-refractivity contribution in [1.82, 2.24) is 4.90 Å². The zero-order valence-electron chi connectivity index (χ0n) is 29.1. The van der Waals surface area contributed by atoms with Gasteiger partial charge in [0.15, 0.2) is 23.7 Å². The van der Waals surface area contributed by atoms with Crippen molar-refractivity contribution >= 4 is 23.3 Å². The Balaban J connectivity index is 0.000000193. The fraction of sp³-hybridized carbons (Fsp3) is 0.366. The molecule has 268 valence electrons. The molecule has 0 aromatic heterocycles. The molecule has 10 heteroatoms. The minimum absolute atomic E-state index is 0.0467. The van der Waals surface area contributed by atoms with Crippen molar-refractivity contribution in [2.24, 2.45) is 0 Å². The van der Waals surface area contributed by atoms with Crippen LogP contribution in [0.3, 0.4) is 0 Å². The Morgan fingerprint density at radius 2 is 1.43 bits per heavy atom. The molecule has 3 unspecified atom stereocenters. The van der Waals surface area contributed by atoms with Gasteiger partial charge in [0.25, 0.3) is 0 Å². The Hall–Kier alpha value is -4.90. The first-order chi connectivity index (χ1) is 24.8. The van der Waals surface area contributed by atoms with E-state index < -0.39 is 24.1 Å². The average molecular weight is 695 g/mol. The molecule has 0 spiro atoms. The molecule has 3 heterocycles. The van der Waals surface area contributed by atoms with E-state index in [1.807, 2.05) is 91.0 Å². The van der Waals surface area contributed by atoms with Crippen molar-refractivity contribution < 1.29 is 38.7 Å². The molecule has 4 aromatic carbocycles. The van der Waals surface area contributed by atoms with E-state index in [4.69, 9.17) is 18.9 Å². The quantitative estimate of drug-likeness (QED) is 0.151. The molecule has 0 amide bonds. The topological polar surface area (TPSA) is 118 Å². The third kappa shape index (κ3) is 8.89. The maximum Gasteiger partial charge on any atom is 0.339 e. The third-order valence-corrected chi connectivity index (χ3v) is 9.78. The number of nitrogens with zero attached hydrogens (tertiary/aromatic N) is 2. The highest BCUT2D eigenvalue weighted by Crippen LogP contribution is 2.46. The van der Waals surface area contributed by atoms with Crippen LogP contribution in [0.5, 0.6) is 17.2 Å². The lowest BCUT2D eigenvalue weighted by Gasteiger charge is -2.36. The molecule has 3 aliphatic heterocycles. The number of benzene rings is 4. The van der Waals surface area contributed by atoms with Gasteiger partial charge in [-0.2, -0.15) is 0 Å². The number of aliphatic hydroxyl groups excluding tert-OH is 1. The van der Waals surface area contributed by atoms with Crippen LogP contribution >= 0.6 is 0 Å². The molecule has 0 saturated carbocycles. The van der Waals surface area contributed by atoms with E-state index in [2.05, 4.69) is 16.8 Å². The van der Waals surface area contributed by atoms with E-state index in [0.29, 0.717) is 43.8 Å². The highest BCUT2D eigenvalue weighted by Gasteiger charge is 2.40. The van der Waals surface area contributed by atoms with E-state index >= 15 is 0 Å². The number of carboxylic acids is 1. The van der Waals surface area contributed by atoms with E-state index in [0.717, 1.165) is 47.0 Å². The number of carbonyl (C=O) groups excluding carboxylic acids is 1. The number of fused-ring (bicyclic) bond motifs is 4. The summed E-state index contributed by atoms with van der Waals surface area (Å²) in [5.41, 5.74) is 3.50. The van der Waals surface area contributed by atoms with Gasteiger partial charge in [-0.15, -0.1) is 0 Å². The van der Waals surface area contributed by atoms with E-state index in [1.54, 1.807) is 19.1 Å². The number of anilines is 2. The lowest BCUT2D eigenvalue weighted by Crippen LogP contribution is -2.43. The number of piperidine rings is 1. The first-order valence-electron chi connectivity index (χ1n) is 17.7. The fourth-order valence-electron chi connectivity index (χ4n) is 7.09. The van der Waals surface area contributed by atoms with Crippen molar-refractivity contribution in [2.75, 3.05) is 31.7 Å². The van der Waals surface area contributed by atoms with Gasteiger partial charge in [-0.05, 0) is 87.2 Å². The number of aliphatic hydroxyl groups is 1. The summed E-state index contributed by atoms with van der Waals surface area (Å²) in [4.78, 5) is 27.9. The van der Waals surface area contributed by atoms with Crippen LogP contribution in [0.4, 0.5) is 11.4 Å². The molecule has 2 N–H and O–H groups in total. The molecule has 51 heavy (non-hydrogen) atoms. The molecule has 2 saturated heterocycles. The van der Waals surface area contributed by atoms with Gasteiger partial charge in [-0.25, -0.2) is 9.59 Å². The maximum absolute atomic E-state index is 12.0. The molecule has 2 fully saturated rings. The van der Waals surface area contributed by atoms with Crippen LogP contribution in [0.25, 0.3) is 0 Å². The number of hydrogen-bond donors (Lipinski definition) is 2. The van der Waals surface area contributed by atoms with Gasteiger partial charge in [-0.1, -0.05) is 66.7 Å². The van der Waals surface area contributed by atoms with Gasteiger partial charge < -0.3 is 39.0 Å². The summed E-state index contributed by atoms with van der Waals surface area (Å²) in [7, 11) is 2.15. The minimum atomic E-state index is -1.17. The van der Waals surface area contributed by atoms with Gasteiger partial charge in [0, 0.05) is 25.1 Å². The van der Waals surface area contributed by atoms with E-state index in [1.165, 1.54) is 12.8 Å². The van der Waals surface area contributed by atoms with Crippen molar-refractivity contribution in [3.8, 4) is 17.2 Å². The molecular weight excluding hydrogens is 648 g/mol. The smallest absolute Gasteiger partial charge is 0.339 e. The summed E-state index contributed by atoms with van der Waals surface area (Å²) in [6.45, 7) is 3.30. The van der Waals surface area contributed by atoms with Gasteiger partial charge in [0.05, 0.1) is 17.9 Å². The zero-order valence-corrected chi connectivity index (χ0v) is 29.1. The van der Waals surface area contributed by atoms with Crippen molar-refractivity contribution in [3.05, 3.63) is 114 Å². The summed E-state index contributed by atoms with van der Waals surface area (Å²) in [5, 5.41) is 19.3. The van der Waals surface area contributed by atoms with Crippen LogP contribution in [0.15, 0.2) is 103 Å². The number of carboxylic acid groups (broad SMARTS) is 1. The molecule has 0 radical (unpaired) electrons. The van der Waals surface area contributed by atoms with Crippen LogP contribution in [-0.2, 0) is 25.5 Å². The van der Waals surface area contributed by atoms with E-state index in [9.17, 15) is 19.8 Å². The summed E-state index contributed by atoms with van der Waals surface area (Å²) in [6, 6.07) is 33.4. The van der Waals surface area contributed by atoms with Crippen molar-refractivity contribution in [1.29, 1.82) is 0 Å². The van der Waals surface area contributed by atoms with Crippen LogP contribution in [0, 0.1) is 0 Å². The zero-order chi connectivity index (χ0) is 35.7. The molecule has 10 nitrogen and oxygen atoms in total.